The monoisotopic (exact) mass is 265 g/mol. The van der Waals surface area contributed by atoms with Gasteiger partial charge in [-0.3, -0.25) is 9.78 Å². The molecule has 4 nitrogen and oxygen atoms in total. The van der Waals surface area contributed by atoms with Crippen molar-refractivity contribution >= 4 is 16.8 Å². The minimum Gasteiger partial charge on any atom is -0.361 e. The number of nitrogens with zero attached hydrogens (tertiary/aromatic N) is 1. The van der Waals surface area contributed by atoms with Crippen LogP contribution in [0, 0.1) is 6.92 Å². The lowest BCUT2D eigenvalue weighted by molar-refractivity contribution is 0.0952. The Hall–Kier alpha value is -2.62. The van der Waals surface area contributed by atoms with E-state index in [-0.39, 0.29) is 5.91 Å². The predicted molar refractivity (Wildman–Crippen MR) is 78.4 cm³/mol. The Balaban J connectivity index is 1.80. The molecule has 0 aliphatic heterocycles. The first-order chi connectivity index (χ1) is 9.75. The van der Waals surface area contributed by atoms with Crippen LogP contribution in [0.5, 0.6) is 0 Å². The summed E-state index contributed by atoms with van der Waals surface area (Å²) < 4.78 is 0. The fraction of sp³-hybridized carbons (Fsp3) is 0.125. The van der Waals surface area contributed by atoms with E-state index in [1.807, 2.05) is 43.5 Å². The molecule has 0 aliphatic rings. The molecule has 3 rings (SSSR count). The highest BCUT2D eigenvalue weighted by atomic mass is 16.1. The third-order valence-electron chi connectivity index (χ3n) is 3.43. The molecular weight excluding hydrogens is 250 g/mol. The van der Waals surface area contributed by atoms with E-state index in [0.29, 0.717) is 12.1 Å². The van der Waals surface area contributed by atoms with Crippen molar-refractivity contribution < 1.29 is 4.79 Å². The molecule has 0 fully saturated rings. The van der Waals surface area contributed by atoms with E-state index in [9.17, 15) is 4.79 Å². The number of aromatic nitrogens is 2. The minimum absolute atomic E-state index is 0.0709. The Morgan fingerprint density at radius 2 is 2.20 bits per heavy atom. The van der Waals surface area contributed by atoms with Gasteiger partial charge in [-0.25, -0.2) is 0 Å². The quantitative estimate of drug-likeness (QED) is 0.765. The van der Waals surface area contributed by atoms with Gasteiger partial charge in [0, 0.05) is 41.6 Å². The average molecular weight is 265 g/mol. The van der Waals surface area contributed by atoms with Crippen LogP contribution in [0.15, 0.2) is 48.9 Å². The lowest BCUT2D eigenvalue weighted by Crippen LogP contribution is -2.23. The number of pyridine rings is 1. The summed E-state index contributed by atoms with van der Waals surface area (Å²) in [6.45, 7) is 2.50. The van der Waals surface area contributed by atoms with Crippen molar-refractivity contribution in [1.29, 1.82) is 0 Å². The molecule has 0 saturated carbocycles. The second-order valence-electron chi connectivity index (χ2n) is 4.73. The van der Waals surface area contributed by atoms with Crippen LogP contribution in [0.1, 0.15) is 21.5 Å². The summed E-state index contributed by atoms with van der Waals surface area (Å²) in [5.74, 6) is -0.0709. The number of hydrogen-bond acceptors (Lipinski definition) is 2. The molecular formula is C16H15N3O. The molecule has 0 spiro atoms. The molecule has 0 aliphatic carbocycles. The Labute approximate surface area is 116 Å². The number of carbonyl (C=O) groups is 1. The molecule has 0 saturated heterocycles. The highest BCUT2D eigenvalue weighted by Gasteiger charge is 2.10. The molecule has 3 aromatic rings. The fourth-order valence-electron chi connectivity index (χ4n) is 2.24. The minimum atomic E-state index is -0.0709. The maximum atomic E-state index is 12.3. The van der Waals surface area contributed by atoms with Crippen LogP contribution in [0.2, 0.25) is 0 Å². The van der Waals surface area contributed by atoms with E-state index in [1.54, 1.807) is 12.4 Å². The van der Waals surface area contributed by atoms with Gasteiger partial charge < -0.3 is 10.3 Å². The normalized spacial score (nSPS) is 10.7. The van der Waals surface area contributed by atoms with Crippen molar-refractivity contribution in [2.75, 3.05) is 0 Å². The van der Waals surface area contributed by atoms with Crippen LogP contribution in [-0.2, 0) is 6.54 Å². The summed E-state index contributed by atoms with van der Waals surface area (Å²) in [6.07, 6.45) is 5.38. The van der Waals surface area contributed by atoms with Gasteiger partial charge in [0.25, 0.3) is 5.91 Å². The molecule has 2 aromatic heterocycles. The average Bonchev–Trinajstić information content (AvgIpc) is 2.94. The molecule has 2 heterocycles. The first kappa shape index (κ1) is 12.4. The number of rotatable bonds is 3. The van der Waals surface area contributed by atoms with Crippen LogP contribution in [0.4, 0.5) is 0 Å². The van der Waals surface area contributed by atoms with E-state index < -0.39 is 0 Å². The number of aromatic amines is 1. The third kappa shape index (κ3) is 2.28. The van der Waals surface area contributed by atoms with Crippen LogP contribution in [-0.4, -0.2) is 15.9 Å². The molecule has 2 N–H and O–H groups in total. The maximum Gasteiger partial charge on any atom is 0.252 e. The van der Waals surface area contributed by atoms with Crippen LogP contribution < -0.4 is 5.32 Å². The molecule has 4 heteroatoms. The Morgan fingerprint density at radius 3 is 3.05 bits per heavy atom. The molecule has 0 bridgehead atoms. The highest BCUT2D eigenvalue weighted by molar-refractivity contribution is 6.06. The molecule has 0 unspecified atom stereocenters. The fourth-order valence-corrected chi connectivity index (χ4v) is 2.24. The van der Waals surface area contributed by atoms with Crippen molar-refractivity contribution in [2.45, 2.75) is 13.5 Å². The molecule has 1 amide bonds. The van der Waals surface area contributed by atoms with Gasteiger partial charge >= 0.3 is 0 Å². The Morgan fingerprint density at radius 1 is 1.30 bits per heavy atom. The number of fused-ring (bicyclic) bond motifs is 1. The zero-order chi connectivity index (χ0) is 13.9. The van der Waals surface area contributed by atoms with E-state index >= 15 is 0 Å². The maximum absolute atomic E-state index is 12.3. The SMILES string of the molecule is Cc1ccncc1CNC(=O)c1cccc2[nH]ccc12. The number of carbonyl (C=O) groups excluding carboxylic acids is 1. The topological polar surface area (TPSA) is 57.8 Å². The number of nitrogens with one attached hydrogen (secondary N) is 2. The van der Waals surface area contributed by atoms with Gasteiger partial charge in [-0.05, 0) is 42.3 Å². The molecule has 1 aromatic carbocycles. The number of benzene rings is 1. The molecule has 0 radical (unpaired) electrons. The second kappa shape index (κ2) is 5.17. The van der Waals surface area contributed by atoms with Crippen LogP contribution in [0.3, 0.4) is 0 Å². The summed E-state index contributed by atoms with van der Waals surface area (Å²) in [6, 6.07) is 9.52. The molecule has 0 atom stereocenters. The largest absolute Gasteiger partial charge is 0.361 e. The van der Waals surface area contributed by atoms with Gasteiger partial charge in [-0.1, -0.05) is 6.07 Å². The van der Waals surface area contributed by atoms with E-state index in [1.165, 1.54) is 0 Å². The summed E-state index contributed by atoms with van der Waals surface area (Å²) in [5.41, 5.74) is 3.81. The lowest BCUT2D eigenvalue weighted by Gasteiger charge is -2.08. The predicted octanol–water partition coefficient (Wildman–Crippen LogP) is 2.80. The number of aryl methyl sites for hydroxylation is 1. The van der Waals surface area contributed by atoms with Crippen molar-refractivity contribution in [3.05, 3.63) is 65.6 Å². The summed E-state index contributed by atoms with van der Waals surface area (Å²) in [4.78, 5) is 19.5. The van der Waals surface area contributed by atoms with Crippen molar-refractivity contribution in [2.24, 2.45) is 0 Å². The van der Waals surface area contributed by atoms with E-state index in [2.05, 4.69) is 15.3 Å². The van der Waals surface area contributed by atoms with E-state index in [4.69, 9.17) is 0 Å². The zero-order valence-electron chi connectivity index (χ0n) is 11.2. The highest BCUT2D eigenvalue weighted by Crippen LogP contribution is 2.17. The van der Waals surface area contributed by atoms with Gasteiger partial charge in [0.15, 0.2) is 0 Å². The number of H-pyrrole nitrogens is 1. The van der Waals surface area contributed by atoms with Crippen molar-refractivity contribution in [3.8, 4) is 0 Å². The molecule has 100 valence electrons. The van der Waals surface area contributed by atoms with Gasteiger partial charge in [-0.15, -0.1) is 0 Å². The second-order valence-corrected chi connectivity index (χ2v) is 4.73. The first-order valence-electron chi connectivity index (χ1n) is 6.49. The van der Waals surface area contributed by atoms with Crippen molar-refractivity contribution in [1.82, 2.24) is 15.3 Å². The Bertz CT molecular complexity index is 761. The van der Waals surface area contributed by atoms with E-state index in [0.717, 1.165) is 22.0 Å². The number of amides is 1. The smallest absolute Gasteiger partial charge is 0.252 e. The third-order valence-corrected chi connectivity index (χ3v) is 3.43. The molecule has 20 heavy (non-hydrogen) atoms. The summed E-state index contributed by atoms with van der Waals surface area (Å²) in [7, 11) is 0. The van der Waals surface area contributed by atoms with Gasteiger partial charge in [0.1, 0.15) is 0 Å². The summed E-state index contributed by atoms with van der Waals surface area (Å²) >= 11 is 0. The number of hydrogen-bond donors (Lipinski definition) is 2. The first-order valence-corrected chi connectivity index (χ1v) is 6.49. The van der Waals surface area contributed by atoms with Gasteiger partial charge in [0.05, 0.1) is 0 Å². The lowest BCUT2D eigenvalue weighted by atomic mass is 10.1. The standard InChI is InChI=1S/C16H15N3O/c1-11-5-7-17-9-12(11)10-19-16(20)14-3-2-4-15-13(14)6-8-18-15/h2-9,18H,10H2,1H3,(H,19,20). The van der Waals surface area contributed by atoms with Crippen LogP contribution >= 0.6 is 0 Å². The summed E-state index contributed by atoms with van der Waals surface area (Å²) in [5, 5.41) is 3.88. The van der Waals surface area contributed by atoms with Gasteiger partial charge in [-0.2, -0.15) is 0 Å². The Kier molecular flexibility index (Phi) is 3.21. The zero-order valence-corrected chi connectivity index (χ0v) is 11.2. The van der Waals surface area contributed by atoms with Gasteiger partial charge in [0.2, 0.25) is 0 Å². The van der Waals surface area contributed by atoms with Crippen LogP contribution in [0.25, 0.3) is 10.9 Å². The van der Waals surface area contributed by atoms with Crippen molar-refractivity contribution in [3.63, 3.8) is 0 Å².